The van der Waals surface area contributed by atoms with Gasteiger partial charge in [0.1, 0.15) is 5.56 Å². The number of anilines is 2. The number of pyridine rings is 1. The predicted molar refractivity (Wildman–Crippen MR) is 154 cm³/mol. The molecule has 212 valence electrons. The van der Waals surface area contributed by atoms with Crippen molar-refractivity contribution in [1.82, 2.24) is 24.7 Å². The van der Waals surface area contributed by atoms with Crippen LogP contribution in [-0.4, -0.2) is 40.6 Å². The Hall–Kier alpha value is -4.30. The number of aromatic nitrogens is 3. The van der Waals surface area contributed by atoms with Gasteiger partial charge in [-0.3, -0.25) is 23.9 Å². The molecule has 0 atom stereocenters. The summed E-state index contributed by atoms with van der Waals surface area (Å²) in [5.41, 5.74) is 7.02. The highest BCUT2D eigenvalue weighted by Gasteiger charge is 2.19. The summed E-state index contributed by atoms with van der Waals surface area (Å²) in [6.45, 7) is 0. The van der Waals surface area contributed by atoms with Crippen molar-refractivity contribution >= 4 is 46.7 Å². The van der Waals surface area contributed by atoms with Crippen LogP contribution >= 0.6 is 12.2 Å². The Kier molecular flexibility index (Phi) is 8.89. The van der Waals surface area contributed by atoms with Crippen LogP contribution < -0.4 is 20.9 Å². The van der Waals surface area contributed by atoms with E-state index >= 15 is 0 Å². The van der Waals surface area contributed by atoms with Gasteiger partial charge in [0.05, 0.1) is 19.6 Å². The first kappa shape index (κ1) is 28.2. The molecule has 13 heteroatoms. The highest BCUT2D eigenvalue weighted by Crippen LogP contribution is 2.26. The van der Waals surface area contributed by atoms with Gasteiger partial charge in [0.15, 0.2) is 17.9 Å². The molecule has 2 aromatic carbocycles. The van der Waals surface area contributed by atoms with Gasteiger partial charge in [0.2, 0.25) is 17.3 Å². The fourth-order valence-electron chi connectivity index (χ4n) is 4.68. The van der Waals surface area contributed by atoms with E-state index in [-0.39, 0.29) is 29.2 Å². The molecule has 5 rings (SSSR count). The third-order valence-electron chi connectivity index (χ3n) is 6.65. The molecule has 3 N–H and O–H groups in total. The van der Waals surface area contributed by atoms with Gasteiger partial charge in [0, 0.05) is 30.2 Å². The molecule has 1 aliphatic carbocycles. The summed E-state index contributed by atoms with van der Waals surface area (Å²) < 4.78 is 8.80. The second-order valence-electron chi connectivity index (χ2n) is 9.28. The summed E-state index contributed by atoms with van der Waals surface area (Å²) in [6.07, 6.45) is 6.82. The third-order valence-corrected chi connectivity index (χ3v) is 7.17. The Bertz CT molecular complexity index is 1640. The molecular weight excluding hydrogens is 548 g/mol. The van der Waals surface area contributed by atoms with E-state index in [1.54, 1.807) is 4.57 Å². The summed E-state index contributed by atoms with van der Waals surface area (Å²) >= 11 is 0.718. The zero-order valence-electron chi connectivity index (χ0n) is 22.4. The van der Waals surface area contributed by atoms with Crippen LogP contribution in [0.25, 0.3) is 16.7 Å². The molecule has 1 aliphatic rings. The number of carbonyl (C=O) groups excluding carboxylic acids is 2. The number of nitrogens with one attached hydrogen (secondary N) is 3. The highest BCUT2D eigenvalue weighted by molar-refractivity contribution is 7.93. The number of nitrogens with zero attached hydrogens (tertiary/aromatic N) is 3. The molecular formula is C28H28N6O6S. The molecule has 0 saturated carbocycles. The van der Waals surface area contributed by atoms with Gasteiger partial charge in [-0.25, -0.2) is 15.4 Å². The number of hydrogen-bond acceptors (Lipinski definition) is 10. The Morgan fingerprint density at radius 3 is 2.66 bits per heavy atom. The average Bonchev–Trinajstić information content (AvgIpc) is 3.45. The lowest BCUT2D eigenvalue weighted by Crippen LogP contribution is -2.29. The Morgan fingerprint density at radius 2 is 1.88 bits per heavy atom. The van der Waals surface area contributed by atoms with Gasteiger partial charge >= 0.3 is 0 Å². The highest BCUT2D eigenvalue weighted by atomic mass is 32.2. The van der Waals surface area contributed by atoms with E-state index in [2.05, 4.69) is 46.8 Å². The minimum atomic E-state index is -0.656. The zero-order chi connectivity index (χ0) is 28.8. The smallest absolute Gasteiger partial charge is 0.280 e. The average molecular weight is 577 g/mol. The quantitative estimate of drug-likeness (QED) is 0.0797. The SMILES string of the molecule is CONC(=O)c1cn(-c2ccc3c(c2)CCC3)c2nc(Nc3ccc(CCC(=O)NSOOC)cc3)ncc2c1=O. The first-order chi connectivity index (χ1) is 20.0. The fourth-order valence-corrected chi connectivity index (χ4v) is 4.97. The van der Waals surface area contributed by atoms with E-state index in [9.17, 15) is 14.4 Å². The molecule has 2 aromatic heterocycles. The summed E-state index contributed by atoms with van der Waals surface area (Å²) in [4.78, 5) is 55.9. The molecule has 2 amide bonds. The number of benzene rings is 2. The number of hydroxylamine groups is 1. The van der Waals surface area contributed by atoms with E-state index in [0.29, 0.717) is 12.1 Å². The molecule has 0 radical (unpaired) electrons. The Morgan fingerprint density at radius 1 is 1.07 bits per heavy atom. The number of rotatable bonds is 11. The summed E-state index contributed by atoms with van der Waals surface area (Å²) in [6, 6.07) is 13.6. The normalized spacial score (nSPS) is 12.2. The molecule has 0 spiro atoms. The van der Waals surface area contributed by atoms with Crippen molar-refractivity contribution in [2.75, 3.05) is 19.5 Å². The van der Waals surface area contributed by atoms with Crippen LogP contribution in [0.1, 0.15) is 39.9 Å². The van der Waals surface area contributed by atoms with Crippen LogP contribution in [0.15, 0.2) is 59.7 Å². The predicted octanol–water partition coefficient (Wildman–Crippen LogP) is 3.49. The van der Waals surface area contributed by atoms with Crippen molar-refractivity contribution in [3.8, 4) is 5.69 Å². The number of hydrogen-bond donors (Lipinski definition) is 3. The maximum Gasteiger partial charge on any atom is 0.280 e. The standard InChI is InChI=1S/C28H28N6O6S/c1-38-32-27(37)23-16-34(21-12-9-18-4-3-5-19(18)14-21)26-22(25(23)36)15-29-28(31-26)30-20-10-6-17(7-11-20)8-13-24(35)33-41-40-39-2/h6-7,9-12,14-16H,3-5,8,13H2,1-2H3,(H,32,37)(H,33,35)(H,29,30,31). The molecule has 4 aromatic rings. The van der Waals surface area contributed by atoms with Crippen molar-refractivity contribution in [3.05, 3.63) is 87.3 Å². The van der Waals surface area contributed by atoms with Gasteiger partial charge in [-0.2, -0.15) is 4.98 Å². The number of carbonyl (C=O) groups is 2. The minimum absolute atomic E-state index is 0.0850. The molecule has 12 nitrogen and oxygen atoms in total. The van der Waals surface area contributed by atoms with Crippen molar-refractivity contribution in [2.24, 2.45) is 0 Å². The fraction of sp³-hybridized carbons (Fsp3) is 0.250. The molecule has 0 fully saturated rings. The second kappa shape index (κ2) is 12.9. The second-order valence-corrected chi connectivity index (χ2v) is 9.79. The number of aryl methyl sites for hydroxylation is 3. The molecule has 0 unspecified atom stereocenters. The minimum Gasteiger partial charge on any atom is -0.324 e. The maximum absolute atomic E-state index is 13.2. The number of amides is 2. The number of fused-ring (bicyclic) bond motifs is 2. The van der Waals surface area contributed by atoms with Crippen LogP contribution in [0.2, 0.25) is 0 Å². The van der Waals surface area contributed by atoms with Gasteiger partial charge in [-0.05, 0) is 66.6 Å². The van der Waals surface area contributed by atoms with Gasteiger partial charge in [0.25, 0.3) is 5.91 Å². The van der Waals surface area contributed by atoms with E-state index in [0.717, 1.165) is 48.4 Å². The molecule has 0 bridgehead atoms. The van der Waals surface area contributed by atoms with Crippen LogP contribution in [0, 0.1) is 0 Å². The lowest BCUT2D eigenvalue weighted by Gasteiger charge is -2.15. The van der Waals surface area contributed by atoms with E-state index in [4.69, 9.17) is 4.84 Å². The van der Waals surface area contributed by atoms with Crippen LogP contribution in [-0.2, 0) is 38.1 Å². The Labute approximate surface area is 239 Å². The molecule has 0 aliphatic heterocycles. The van der Waals surface area contributed by atoms with Gasteiger partial charge < -0.3 is 9.88 Å². The maximum atomic E-state index is 13.2. The van der Waals surface area contributed by atoms with E-state index in [1.165, 1.54) is 37.7 Å². The van der Waals surface area contributed by atoms with Crippen molar-refractivity contribution in [1.29, 1.82) is 0 Å². The summed E-state index contributed by atoms with van der Waals surface area (Å²) in [7, 11) is 2.66. The summed E-state index contributed by atoms with van der Waals surface area (Å²) in [5, 5.41) is 3.37. The van der Waals surface area contributed by atoms with Gasteiger partial charge in [-0.1, -0.05) is 18.2 Å². The Balaban J connectivity index is 1.42. The van der Waals surface area contributed by atoms with Crippen molar-refractivity contribution in [3.63, 3.8) is 0 Å². The lowest BCUT2D eigenvalue weighted by atomic mass is 10.1. The molecule has 0 saturated heterocycles. The third kappa shape index (κ3) is 6.55. The lowest BCUT2D eigenvalue weighted by molar-refractivity contribution is -0.161. The van der Waals surface area contributed by atoms with Crippen molar-refractivity contribution in [2.45, 2.75) is 32.1 Å². The summed E-state index contributed by atoms with van der Waals surface area (Å²) in [5.74, 6) is -0.560. The molecule has 2 heterocycles. The first-order valence-corrected chi connectivity index (χ1v) is 13.6. The van der Waals surface area contributed by atoms with Gasteiger partial charge in [-0.15, -0.1) is 4.33 Å². The van der Waals surface area contributed by atoms with Crippen LogP contribution in [0.4, 0.5) is 11.6 Å². The van der Waals surface area contributed by atoms with Crippen LogP contribution in [0.5, 0.6) is 0 Å². The van der Waals surface area contributed by atoms with Crippen molar-refractivity contribution < 1.29 is 23.6 Å². The first-order valence-electron chi connectivity index (χ1n) is 12.9. The van der Waals surface area contributed by atoms with Crippen LogP contribution in [0.3, 0.4) is 0 Å². The van der Waals surface area contributed by atoms with E-state index in [1.807, 2.05) is 30.3 Å². The zero-order valence-corrected chi connectivity index (χ0v) is 23.2. The topological polar surface area (TPSA) is 146 Å². The largest absolute Gasteiger partial charge is 0.324 e. The van der Waals surface area contributed by atoms with E-state index < -0.39 is 11.3 Å². The molecule has 41 heavy (non-hydrogen) atoms. The monoisotopic (exact) mass is 576 g/mol.